The highest BCUT2D eigenvalue weighted by Gasteiger charge is 2.32. The molecule has 1 fully saturated rings. The van der Waals surface area contributed by atoms with E-state index in [0.29, 0.717) is 6.54 Å². The van der Waals surface area contributed by atoms with Crippen LogP contribution in [0.4, 0.5) is 0 Å². The van der Waals surface area contributed by atoms with Gasteiger partial charge in [0.1, 0.15) is 11.8 Å². The molecule has 1 aliphatic heterocycles. The number of nitrogens with one attached hydrogen (secondary N) is 2. The fourth-order valence-corrected chi connectivity index (χ4v) is 2.51. The minimum absolute atomic E-state index is 0.125. The maximum absolute atomic E-state index is 12.2. The number of carbonyl (C=O) groups excluding carboxylic acids is 1. The van der Waals surface area contributed by atoms with Gasteiger partial charge in [-0.25, -0.2) is 4.79 Å². The molecule has 0 bridgehead atoms. The van der Waals surface area contributed by atoms with Gasteiger partial charge in [0.05, 0.1) is 5.92 Å². The summed E-state index contributed by atoms with van der Waals surface area (Å²) in [4.78, 5) is 23.5. The Kier molecular flexibility index (Phi) is 4.80. The first-order chi connectivity index (χ1) is 9.97. The minimum Gasteiger partial charge on any atom is -0.508 e. The van der Waals surface area contributed by atoms with E-state index in [4.69, 9.17) is 0 Å². The second-order valence-corrected chi connectivity index (χ2v) is 5.51. The molecular weight excluding hydrogens is 272 g/mol. The molecule has 0 spiro atoms. The number of rotatable bonds is 5. The molecule has 1 aromatic rings. The molecule has 1 aromatic carbocycles. The van der Waals surface area contributed by atoms with Crippen molar-refractivity contribution in [2.45, 2.75) is 19.4 Å². The zero-order chi connectivity index (χ0) is 15.4. The molecule has 0 aromatic heterocycles. The minimum atomic E-state index is -1.06. The van der Waals surface area contributed by atoms with Gasteiger partial charge in [-0.05, 0) is 30.2 Å². The summed E-state index contributed by atoms with van der Waals surface area (Å²) in [7, 11) is 0. The molecule has 3 atom stereocenters. The third-order valence-corrected chi connectivity index (χ3v) is 3.84. The molecule has 4 N–H and O–H groups in total. The molecule has 6 heteroatoms. The number of carboxylic acids is 1. The van der Waals surface area contributed by atoms with Crippen LogP contribution in [-0.2, 0) is 16.0 Å². The summed E-state index contributed by atoms with van der Waals surface area (Å²) in [5.41, 5.74) is 0.748. The number of phenolic OH excluding ortho intramolecular Hbond substituents is 1. The molecule has 2 rings (SSSR count). The Bertz CT molecular complexity index is 515. The molecule has 21 heavy (non-hydrogen) atoms. The van der Waals surface area contributed by atoms with E-state index in [2.05, 4.69) is 10.6 Å². The Morgan fingerprint density at radius 3 is 2.52 bits per heavy atom. The normalized spacial score (nSPS) is 22.7. The fraction of sp³-hybridized carbons (Fsp3) is 0.467. The van der Waals surface area contributed by atoms with Crippen molar-refractivity contribution in [2.24, 2.45) is 11.8 Å². The van der Waals surface area contributed by atoms with Gasteiger partial charge >= 0.3 is 5.97 Å². The summed E-state index contributed by atoms with van der Waals surface area (Å²) >= 11 is 0. The molecule has 1 aliphatic rings. The summed E-state index contributed by atoms with van der Waals surface area (Å²) in [6.07, 6.45) is 0.190. The summed E-state index contributed by atoms with van der Waals surface area (Å²) in [5.74, 6) is -1.14. The molecule has 1 amide bonds. The predicted octanol–water partition coefficient (Wildman–Crippen LogP) is 0.360. The monoisotopic (exact) mass is 292 g/mol. The number of benzene rings is 1. The molecule has 1 saturated heterocycles. The highest BCUT2D eigenvalue weighted by molar-refractivity contribution is 5.85. The van der Waals surface area contributed by atoms with E-state index in [0.717, 1.165) is 12.1 Å². The number of carbonyl (C=O) groups is 2. The lowest BCUT2D eigenvalue weighted by molar-refractivity contribution is -0.142. The molecule has 1 heterocycles. The molecule has 0 saturated carbocycles. The zero-order valence-corrected chi connectivity index (χ0v) is 11.9. The van der Waals surface area contributed by atoms with E-state index in [9.17, 15) is 19.8 Å². The molecule has 0 aliphatic carbocycles. The van der Waals surface area contributed by atoms with E-state index in [1.54, 1.807) is 12.1 Å². The number of amides is 1. The topological polar surface area (TPSA) is 98.7 Å². The SMILES string of the molecule is C[C@@H]1CNC[C@H]1C(=O)N[C@@H](Cc1ccc(O)cc1)C(=O)O. The van der Waals surface area contributed by atoms with Gasteiger partial charge in [-0.1, -0.05) is 19.1 Å². The molecular formula is C15H20N2O4. The molecule has 0 radical (unpaired) electrons. The van der Waals surface area contributed by atoms with E-state index in [1.165, 1.54) is 12.1 Å². The van der Waals surface area contributed by atoms with E-state index < -0.39 is 12.0 Å². The Morgan fingerprint density at radius 1 is 1.33 bits per heavy atom. The van der Waals surface area contributed by atoms with Crippen molar-refractivity contribution >= 4 is 11.9 Å². The van der Waals surface area contributed by atoms with E-state index in [-0.39, 0.29) is 29.9 Å². The second kappa shape index (κ2) is 6.58. The summed E-state index contributed by atoms with van der Waals surface area (Å²) < 4.78 is 0. The van der Waals surface area contributed by atoms with Crippen molar-refractivity contribution in [1.82, 2.24) is 10.6 Å². The summed E-state index contributed by atoms with van der Waals surface area (Å²) in [6.45, 7) is 3.33. The largest absolute Gasteiger partial charge is 0.508 e. The van der Waals surface area contributed by atoms with Crippen LogP contribution in [0.15, 0.2) is 24.3 Å². The van der Waals surface area contributed by atoms with Crippen molar-refractivity contribution in [1.29, 1.82) is 0 Å². The lowest BCUT2D eigenvalue weighted by Gasteiger charge is -2.19. The summed E-state index contributed by atoms with van der Waals surface area (Å²) in [5, 5.41) is 24.2. The molecule has 0 unspecified atom stereocenters. The van der Waals surface area contributed by atoms with Crippen molar-refractivity contribution in [3.05, 3.63) is 29.8 Å². The van der Waals surface area contributed by atoms with Crippen LogP contribution in [0.1, 0.15) is 12.5 Å². The average Bonchev–Trinajstić information content (AvgIpc) is 2.86. The lowest BCUT2D eigenvalue weighted by atomic mass is 9.96. The van der Waals surface area contributed by atoms with Crippen LogP contribution in [0.5, 0.6) is 5.75 Å². The predicted molar refractivity (Wildman–Crippen MR) is 76.9 cm³/mol. The van der Waals surface area contributed by atoms with Crippen LogP contribution < -0.4 is 10.6 Å². The fourth-order valence-electron chi connectivity index (χ4n) is 2.51. The van der Waals surface area contributed by atoms with Crippen LogP contribution in [0.2, 0.25) is 0 Å². The highest BCUT2D eigenvalue weighted by atomic mass is 16.4. The number of aliphatic carboxylic acids is 1. The van der Waals surface area contributed by atoms with E-state index >= 15 is 0 Å². The number of phenols is 1. The maximum Gasteiger partial charge on any atom is 0.326 e. The number of aromatic hydroxyl groups is 1. The third-order valence-electron chi connectivity index (χ3n) is 3.84. The van der Waals surface area contributed by atoms with Gasteiger partial charge < -0.3 is 20.8 Å². The van der Waals surface area contributed by atoms with Gasteiger partial charge in [0, 0.05) is 13.0 Å². The number of hydrogen-bond acceptors (Lipinski definition) is 4. The first kappa shape index (κ1) is 15.3. The maximum atomic E-state index is 12.2. The standard InChI is InChI=1S/C15H20N2O4/c1-9-7-16-8-12(9)14(19)17-13(15(20)21)6-10-2-4-11(18)5-3-10/h2-5,9,12-13,16,18H,6-8H2,1H3,(H,17,19)(H,20,21)/t9-,12-,13+/m1/s1. The molecule has 6 nitrogen and oxygen atoms in total. The summed E-state index contributed by atoms with van der Waals surface area (Å²) in [6, 6.07) is 5.33. The van der Waals surface area contributed by atoms with Gasteiger partial charge in [-0.15, -0.1) is 0 Å². The third kappa shape index (κ3) is 3.95. The first-order valence-corrected chi connectivity index (χ1v) is 6.99. The van der Waals surface area contributed by atoms with Crippen molar-refractivity contribution in [3.63, 3.8) is 0 Å². The van der Waals surface area contributed by atoms with Crippen LogP contribution in [-0.4, -0.2) is 41.2 Å². The Hall–Kier alpha value is -2.08. The quantitative estimate of drug-likeness (QED) is 0.628. The number of hydrogen-bond donors (Lipinski definition) is 4. The second-order valence-electron chi connectivity index (χ2n) is 5.51. The smallest absolute Gasteiger partial charge is 0.326 e. The first-order valence-electron chi connectivity index (χ1n) is 6.99. The van der Waals surface area contributed by atoms with Gasteiger partial charge in [0.2, 0.25) is 5.91 Å². The van der Waals surface area contributed by atoms with Crippen molar-refractivity contribution < 1.29 is 19.8 Å². The Labute approximate surface area is 123 Å². The van der Waals surface area contributed by atoms with Crippen molar-refractivity contribution in [2.75, 3.05) is 13.1 Å². The lowest BCUT2D eigenvalue weighted by Crippen LogP contribution is -2.46. The van der Waals surface area contributed by atoms with Crippen LogP contribution in [0, 0.1) is 11.8 Å². The number of carboxylic acid groups (broad SMARTS) is 1. The van der Waals surface area contributed by atoms with E-state index in [1.807, 2.05) is 6.92 Å². The van der Waals surface area contributed by atoms with Crippen molar-refractivity contribution in [3.8, 4) is 5.75 Å². The van der Waals surface area contributed by atoms with Crippen LogP contribution in [0.25, 0.3) is 0 Å². The Balaban J connectivity index is 2.00. The zero-order valence-electron chi connectivity index (χ0n) is 11.9. The Morgan fingerprint density at radius 2 is 2.00 bits per heavy atom. The van der Waals surface area contributed by atoms with Gasteiger partial charge in [0.15, 0.2) is 0 Å². The average molecular weight is 292 g/mol. The highest BCUT2D eigenvalue weighted by Crippen LogP contribution is 2.17. The van der Waals surface area contributed by atoms with Gasteiger partial charge in [-0.3, -0.25) is 4.79 Å². The van der Waals surface area contributed by atoms with Gasteiger partial charge in [0.25, 0.3) is 0 Å². The van der Waals surface area contributed by atoms with Gasteiger partial charge in [-0.2, -0.15) is 0 Å². The van der Waals surface area contributed by atoms with Crippen LogP contribution in [0.3, 0.4) is 0 Å². The van der Waals surface area contributed by atoms with Crippen LogP contribution >= 0.6 is 0 Å². The molecule has 114 valence electrons.